The predicted molar refractivity (Wildman–Crippen MR) is 174 cm³/mol. The minimum Gasteiger partial charge on any atom is -0.445 e. The van der Waals surface area contributed by atoms with E-state index in [0.29, 0.717) is 31.5 Å². The molecule has 0 atom stereocenters. The molecule has 0 aromatic heterocycles. The molecular weight excluding hydrogens is 554 g/mol. The number of alkyl carbamates (subject to hydrolysis) is 2. The summed E-state index contributed by atoms with van der Waals surface area (Å²) in [6.45, 7) is 5.20. The van der Waals surface area contributed by atoms with Gasteiger partial charge in [0.05, 0.1) is 0 Å². The van der Waals surface area contributed by atoms with Crippen molar-refractivity contribution in [3.05, 3.63) is 71.8 Å². The molecule has 0 bridgehead atoms. The first kappa shape index (κ1) is 35.1. The van der Waals surface area contributed by atoms with Crippen molar-refractivity contribution in [2.45, 2.75) is 122 Å². The van der Waals surface area contributed by atoms with Crippen LogP contribution in [0.3, 0.4) is 0 Å². The summed E-state index contributed by atoms with van der Waals surface area (Å²) < 4.78 is 10.3. The average molecular weight is 608 g/mol. The molecule has 3 fully saturated rings. The van der Waals surface area contributed by atoms with Crippen LogP contribution in [0, 0.1) is 11.8 Å². The molecule has 0 spiro atoms. The molecule has 0 aliphatic heterocycles. The molecule has 44 heavy (non-hydrogen) atoms. The van der Waals surface area contributed by atoms with E-state index in [1.54, 1.807) is 0 Å². The van der Waals surface area contributed by atoms with Gasteiger partial charge < -0.3 is 25.8 Å². The van der Waals surface area contributed by atoms with E-state index in [4.69, 9.17) is 15.2 Å². The number of nitrogens with two attached hydrogens (primary N) is 1. The fourth-order valence-electron chi connectivity index (χ4n) is 5.64. The lowest BCUT2D eigenvalue weighted by molar-refractivity contribution is -0.120. The first-order valence-corrected chi connectivity index (χ1v) is 16.5. The molecule has 0 saturated heterocycles. The van der Waals surface area contributed by atoms with Crippen molar-refractivity contribution in [2.75, 3.05) is 0 Å². The number of hydrogen-bond acceptors (Lipinski definition) is 6. The molecule has 4 N–H and O–H groups in total. The lowest BCUT2D eigenvalue weighted by Crippen LogP contribution is -2.37. The molecule has 2 aromatic rings. The van der Waals surface area contributed by atoms with Crippen molar-refractivity contribution in [3.8, 4) is 0 Å². The van der Waals surface area contributed by atoms with Crippen LogP contribution in [-0.4, -0.2) is 36.1 Å². The molecule has 5 rings (SSSR count). The normalized spacial score (nSPS) is 23.5. The maximum atomic E-state index is 11.6. The van der Waals surface area contributed by atoms with Crippen LogP contribution in [0.15, 0.2) is 60.7 Å². The third-order valence-electron chi connectivity index (χ3n) is 8.69. The zero-order valence-corrected chi connectivity index (χ0v) is 26.7. The second-order valence-electron chi connectivity index (χ2n) is 12.7. The Balaban J connectivity index is 0.000000194. The van der Waals surface area contributed by atoms with Gasteiger partial charge in [-0.25, -0.2) is 9.59 Å². The number of amides is 2. The minimum atomic E-state index is -0.404. The van der Waals surface area contributed by atoms with E-state index >= 15 is 0 Å². The minimum absolute atomic E-state index is 0.0750. The highest BCUT2D eigenvalue weighted by Crippen LogP contribution is 2.23. The molecule has 3 aliphatic rings. The smallest absolute Gasteiger partial charge is 0.407 e. The Morgan fingerprint density at radius 3 is 1.43 bits per heavy atom. The number of carbonyl (C=O) groups excluding carboxylic acids is 3. The number of ether oxygens (including phenoxy) is 2. The number of rotatable bonds is 6. The van der Waals surface area contributed by atoms with Gasteiger partial charge in [0.15, 0.2) is 0 Å². The fraction of sp³-hybridized carbons (Fsp3) is 0.583. The molecular formula is C36H53N3O5. The summed E-state index contributed by atoms with van der Waals surface area (Å²) in [5.41, 5.74) is 7.68. The summed E-state index contributed by atoms with van der Waals surface area (Å²) in [5.74, 6) is 2.02. The Hall–Kier alpha value is -3.39. The van der Waals surface area contributed by atoms with Gasteiger partial charge in [-0.2, -0.15) is 0 Å². The van der Waals surface area contributed by atoms with E-state index in [2.05, 4.69) is 24.5 Å². The Kier molecular flexibility index (Phi) is 15.8. The Labute approximate surface area is 263 Å². The molecule has 3 saturated carbocycles. The molecule has 242 valence electrons. The van der Waals surface area contributed by atoms with E-state index in [9.17, 15) is 14.4 Å². The van der Waals surface area contributed by atoms with E-state index in [1.807, 2.05) is 60.7 Å². The van der Waals surface area contributed by atoms with Gasteiger partial charge in [0, 0.05) is 31.0 Å². The second-order valence-corrected chi connectivity index (χ2v) is 12.7. The second kappa shape index (κ2) is 19.8. The third kappa shape index (κ3) is 14.9. The van der Waals surface area contributed by atoms with Crippen LogP contribution < -0.4 is 16.4 Å². The SMILES string of the molecule is CC1CCC(N)CC1.CC1CCC(NC(=O)OCc2ccccc2)CC1.O=C1CCC(NC(=O)OCc2ccccc2)CC1. The van der Waals surface area contributed by atoms with Crippen molar-refractivity contribution in [3.63, 3.8) is 0 Å². The van der Waals surface area contributed by atoms with Gasteiger partial charge in [-0.3, -0.25) is 4.79 Å². The van der Waals surface area contributed by atoms with Gasteiger partial charge in [0.1, 0.15) is 19.0 Å². The quantitative estimate of drug-likeness (QED) is 0.314. The molecule has 2 amide bonds. The molecule has 0 radical (unpaired) electrons. The number of Topliss-reactive ketones (excluding diaryl/α,β-unsaturated/α-hetero) is 1. The van der Waals surface area contributed by atoms with Crippen molar-refractivity contribution >= 4 is 18.0 Å². The summed E-state index contributed by atoms with van der Waals surface area (Å²) in [5, 5.41) is 5.74. The monoisotopic (exact) mass is 607 g/mol. The van der Waals surface area contributed by atoms with Gasteiger partial charge in [0.2, 0.25) is 0 Å². The maximum absolute atomic E-state index is 11.6. The van der Waals surface area contributed by atoms with E-state index < -0.39 is 6.09 Å². The summed E-state index contributed by atoms with van der Waals surface area (Å²) >= 11 is 0. The molecule has 0 unspecified atom stereocenters. The van der Waals surface area contributed by atoms with E-state index in [1.165, 1.54) is 38.5 Å². The van der Waals surface area contributed by atoms with Gasteiger partial charge in [-0.05, 0) is 87.2 Å². The lowest BCUT2D eigenvalue weighted by atomic mass is 9.87. The molecule has 8 heteroatoms. The van der Waals surface area contributed by atoms with Crippen LogP contribution in [0.1, 0.15) is 102 Å². The molecule has 3 aliphatic carbocycles. The maximum Gasteiger partial charge on any atom is 0.407 e. The van der Waals surface area contributed by atoms with Crippen LogP contribution in [-0.2, 0) is 27.5 Å². The topological polar surface area (TPSA) is 120 Å². The summed E-state index contributed by atoms with van der Waals surface area (Å²) in [4.78, 5) is 34.2. The number of ketones is 1. The van der Waals surface area contributed by atoms with Gasteiger partial charge in [-0.15, -0.1) is 0 Å². The Bertz CT molecular complexity index is 1080. The van der Waals surface area contributed by atoms with Crippen molar-refractivity contribution in [1.29, 1.82) is 0 Å². The lowest BCUT2D eigenvalue weighted by Gasteiger charge is -2.26. The number of carbonyl (C=O) groups is 3. The van der Waals surface area contributed by atoms with Crippen molar-refractivity contribution < 1.29 is 23.9 Å². The van der Waals surface area contributed by atoms with Crippen LogP contribution in [0.2, 0.25) is 0 Å². The highest BCUT2D eigenvalue weighted by Gasteiger charge is 2.21. The predicted octanol–water partition coefficient (Wildman–Crippen LogP) is 7.44. The van der Waals surface area contributed by atoms with Crippen molar-refractivity contribution in [2.24, 2.45) is 17.6 Å². The summed E-state index contributed by atoms with van der Waals surface area (Å²) in [6.07, 6.45) is 11.6. The van der Waals surface area contributed by atoms with E-state index in [-0.39, 0.29) is 24.5 Å². The molecule has 2 aromatic carbocycles. The Morgan fingerprint density at radius 1 is 0.636 bits per heavy atom. The van der Waals surface area contributed by atoms with Gasteiger partial charge >= 0.3 is 12.2 Å². The van der Waals surface area contributed by atoms with Crippen LogP contribution >= 0.6 is 0 Å². The number of hydrogen-bond donors (Lipinski definition) is 3. The zero-order chi connectivity index (χ0) is 31.6. The Morgan fingerprint density at radius 2 is 1.02 bits per heavy atom. The highest BCUT2D eigenvalue weighted by atomic mass is 16.6. The molecule has 8 nitrogen and oxygen atoms in total. The standard InChI is InChI=1S/C15H21NO2.C14H17NO3.C7H15N/c1-12-7-9-14(10-8-12)16-15(17)18-11-13-5-3-2-4-6-13;16-13-8-6-12(7-9-13)15-14(17)18-10-11-4-2-1-3-5-11;1-6-2-4-7(8)5-3-6/h2-6,12,14H,7-11H2,1H3,(H,16,17);1-5,12H,6-10H2,(H,15,17);6-7H,2-5,8H2,1H3. The van der Waals surface area contributed by atoms with Gasteiger partial charge in [-0.1, -0.05) is 74.5 Å². The highest BCUT2D eigenvalue weighted by molar-refractivity contribution is 5.79. The third-order valence-corrected chi connectivity index (χ3v) is 8.69. The number of benzene rings is 2. The van der Waals surface area contributed by atoms with E-state index in [0.717, 1.165) is 48.6 Å². The first-order valence-electron chi connectivity index (χ1n) is 16.5. The summed E-state index contributed by atoms with van der Waals surface area (Å²) in [6, 6.07) is 20.2. The first-order chi connectivity index (χ1) is 21.3. The number of nitrogens with one attached hydrogen (secondary N) is 2. The summed E-state index contributed by atoms with van der Waals surface area (Å²) in [7, 11) is 0. The fourth-order valence-corrected chi connectivity index (χ4v) is 5.64. The van der Waals surface area contributed by atoms with Crippen LogP contribution in [0.5, 0.6) is 0 Å². The average Bonchev–Trinajstić information content (AvgIpc) is 3.04. The molecule has 0 heterocycles. The van der Waals surface area contributed by atoms with Crippen LogP contribution in [0.4, 0.5) is 9.59 Å². The van der Waals surface area contributed by atoms with Crippen molar-refractivity contribution in [1.82, 2.24) is 10.6 Å². The largest absolute Gasteiger partial charge is 0.445 e. The van der Waals surface area contributed by atoms with Gasteiger partial charge in [0.25, 0.3) is 0 Å². The van der Waals surface area contributed by atoms with Crippen LogP contribution in [0.25, 0.3) is 0 Å². The zero-order valence-electron chi connectivity index (χ0n) is 26.7.